The lowest BCUT2D eigenvalue weighted by molar-refractivity contribution is 0.603. The molecule has 92 valence electrons. The lowest BCUT2D eigenvalue weighted by Crippen LogP contribution is -2.11. The van der Waals surface area contributed by atoms with Crippen LogP contribution in [0.2, 0.25) is 4.34 Å². The first kappa shape index (κ1) is 12.4. The summed E-state index contributed by atoms with van der Waals surface area (Å²) in [5, 5.41) is 6.60. The second kappa shape index (κ2) is 4.67. The molecule has 2 N–H and O–H groups in total. The summed E-state index contributed by atoms with van der Waals surface area (Å²) in [6.07, 6.45) is 0.763. The van der Waals surface area contributed by atoms with Gasteiger partial charge in [0.15, 0.2) is 5.82 Å². The van der Waals surface area contributed by atoms with Gasteiger partial charge in [0.1, 0.15) is 4.21 Å². The van der Waals surface area contributed by atoms with E-state index >= 15 is 0 Å². The van der Waals surface area contributed by atoms with Crippen molar-refractivity contribution in [2.24, 2.45) is 0 Å². The van der Waals surface area contributed by atoms with E-state index in [-0.39, 0.29) is 10.0 Å². The van der Waals surface area contributed by atoms with Crippen molar-refractivity contribution in [2.45, 2.75) is 17.6 Å². The molecular formula is C9H10ClN3O2S2. The van der Waals surface area contributed by atoms with Crippen LogP contribution in [-0.2, 0) is 16.4 Å². The molecule has 0 aliphatic rings. The maximum absolute atomic E-state index is 11.9. The van der Waals surface area contributed by atoms with E-state index in [1.165, 1.54) is 6.07 Å². The predicted octanol–water partition coefficient (Wildman–Crippen LogP) is 2.49. The van der Waals surface area contributed by atoms with Crippen LogP contribution in [0.1, 0.15) is 12.6 Å². The Morgan fingerprint density at radius 2 is 2.29 bits per heavy atom. The average Bonchev–Trinajstić information content (AvgIpc) is 2.86. The number of nitrogens with one attached hydrogen (secondary N) is 2. The lowest BCUT2D eigenvalue weighted by atomic mass is 10.3. The molecule has 0 aliphatic carbocycles. The molecule has 0 bridgehead atoms. The Kier molecular flexibility index (Phi) is 3.41. The quantitative estimate of drug-likeness (QED) is 0.909. The van der Waals surface area contributed by atoms with Crippen molar-refractivity contribution in [3.63, 3.8) is 0 Å². The number of aromatic amines is 1. The number of rotatable bonds is 4. The monoisotopic (exact) mass is 291 g/mol. The molecule has 0 radical (unpaired) electrons. The smallest absolute Gasteiger partial charge is 0.272 e. The summed E-state index contributed by atoms with van der Waals surface area (Å²) in [6.45, 7) is 1.95. The molecule has 8 heteroatoms. The van der Waals surface area contributed by atoms with E-state index in [1.54, 1.807) is 12.1 Å². The first-order chi connectivity index (χ1) is 8.01. The van der Waals surface area contributed by atoms with Gasteiger partial charge in [-0.25, -0.2) is 8.42 Å². The van der Waals surface area contributed by atoms with Gasteiger partial charge in [-0.15, -0.1) is 11.3 Å². The molecule has 0 aliphatic heterocycles. The highest BCUT2D eigenvalue weighted by atomic mass is 35.5. The Morgan fingerprint density at radius 1 is 1.53 bits per heavy atom. The third-order valence-electron chi connectivity index (χ3n) is 2.06. The summed E-state index contributed by atoms with van der Waals surface area (Å²) < 4.78 is 26.8. The highest BCUT2D eigenvalue weighted by molar-refractivity contribution is 7.94. The van der Waals surface area contributed by atoms with Crippen LogP contribution < -0.4 is 4.72 Å². The second-order valence-electron chi connectivity index (χ2n) is 3.30. The molecule has 0 spiro atoms. The molecule has 0 saturated heterocycles. The maximum atomic E-state index is 11.9. The molecule has 2 rings (SSSR count). The number of halogens is 1. The van der Waals surface area contributed by atoms with Crippen LogP contribution in [0.25, 0.3) is 0 Å². The largest absolute Gasteiger partial charge is 0.280 e. The molecule has 0 aromatic carbocycles. The van der Waals surface area contributed by atoms with E-state index in [0.29, 0.717) is 4.34 Å². The summed E-state index contributed by atoms with van der Waals surface area (Å²) in [6, 6.07) is 4.66. The molecular weight excluding hydrogens is 282 g/mol. The Balaban J connectivity index is 2.23. The fourth-order valence-corrected chi connectivity index (χ4v) is 3.70. The minimum Gasteiger partial charge on any atom is -0.280 e. The van der Waals surface area contributed by atoms with Gasteiger partial charge < -0.3 is 0 Å². The maximum Gasteiger partial charge on any atom is 0.272 e. The van der Waals surface area contributed by atoms with Crippen LogP contribution in [0.15, 0.2) is 22.4 Å². The summed E-state index contributed by atoms with van der Waals surface area (Å²) in [4.78, 5) is 0. The number of thiophene rings is 1. The van der Waals surface area contributed by atoms with Gasteiger partial charge in [-0.1, -0.05) is 18.5 Å². The number of sulfonamides is 1. The third kappa shape index (κ3) is 2.80. The minimum atomic E-state index is -3.59. The number of aryl methyl sites for hydroxylation is 1. The zero-order valence-corrected chi connectivity index (χ0v) is 11.3. The van der Waals surface area contributed by atoms with E-state index in [1.807, 2.05) is 6.92 Å². The molecule has 0 saturated carbocycles. The fourth-order valence-electron chi connectivity index (χ4n) is 1.23. The first-order valence-electron chi connectivity index (χ1n) is 4.83. The standard InChI is InChI=1S/C9H10ClN3O2S2/c1-2-6-5-8(12-11-6)13-17(14,15)9-4-3-7(10)16-9/h3-5H,2H2,1H3,(H2,11,12,13). The summed E-state index contributed by atoms with van der Waals surface area (Å²) in [7, 11) is -3.59. The SMILES string of the molecule is CCc1cc(NS(=O)(=O)c2ccc(Cl)s2)n[nH]1. The Hall–Kier alpha value is -1.05. The molecule has 5 nitrogen and oxygen atoms in total. The third-order valence-corrected chi connectivity index (χ3v) is 5.14. The number of nitrogens with zero attached hydrogens (tertiary/aromatic N) is 1. The highest BCUT2D eigenvalue weighted by Crippen LogP contribution is 2.26. The van der Waals surface area contributed by atoms with E-state index in [2.05, 4.69) is 14.9 Å². The van der Waals surface area contributed by atoms with Crippen LogP contribution in [0, 0.1) is 0 Å². The van der Waals surface area contributed by atoms with E-state index in [0.717, 1.165) is 23.5 Å². The van der Waals surface area contributed by atoms with Gasteiger partial charge in [-0.2, -0.15) is 5.10 Å². The lowest BCUT2D eigenvalue weighted by Gasteiger charge is -2.01. The molecule has 2 aromatic heterocycles. The van der Waals surface area contributed by atoms with Crippen LogP contribution in [0.4, 0.5) is 5.82 Å². The Labute approximate surface area is 108 Å². The van der Waals surface area contributed by atoms with Crippen LogP contribution in [0.3, 0.4) is 0 Å². The Morgan fingerprint density at radius 3 is 2.82 bits per heavy atom. The van der Waals surface area contributed by atoms with Crippen LogP contribution in [-0.4, -0.2) is 18.6 Å². The van der Waals surface area contributed by atoms with Crippen LogP contribution in [0.5, 0.6) is 0 Å². The van der Waals surface area contributed by atoms with Crippen molar-refractivity contribution >= 4 is 38.8 Å². The van der Waals surface area contributed by atoms with Gasteiger partial charge in [0, 0.05) is 11.8 Å². The van der Waals surface area contributed by atoms with Gasteiger partial charge in [0.2, 0.25) is 0 Å². The molecule has 0 atom stereocenters. The number of aromatic nitrogens is 2. The fraction of sp³-hybridized carbons (Fsp3) is 0.222. The van der Waals surface area contributed by atoms with Gasteiger partial charge in [-0.05, 0) is 18.6 Å². The summed E-state index contributed by atoms with van der Waals surface area (Å²) in [5.74, 6) is 0.284. The molecule has 2 aromatic rings. The Bertz CT molecular complexity index is 618. The zero-order valence-electron chi connectivity index (χ0n) is 8.90. The van der Waals surface area contributed by atoms with Crippen molar-refractivity contribution in [3.05, 3.63) is 28.2 Å². The number of H-pyrrole nitrogens is 1. The summed E-state index contributed by atoms with van der Waals surface area (Å²) in [5.41, 5.74) is 0.868. The van der Waals surface area contributed by atoms with Crippen molar-refractivity contribution in [3.8, 4) is 0 Å². The molecule has 0 fully saturated rings. The summed E-state index contributed by atoms with van der Waals surface area (Å²) >= 11 is 6.70. The van der Waals surface area contributed by atoms with Crippen LogP contribution >= 0.6 is 22.9 Å². The van der Waals surface area contributed by atoms with Crippen molar-refractivity contribution < 1.29 is 8.42 Å². The molecule has 2 heterocycles. The normalized spacial score (nSPS) is 11.6. The van der Waals surface area contributed by atoms with E-state index in [9.17, 15) is 8.42 Å². The second-order valence-corrected chi connectivity index (χ2v) is 6.92. The van der Waals surface area contributed by atoms with Gasteiger partial charge in [-0.3, -0.25) is 9.82 Å². The van der Waals surface area contributed by atoms with E-state index < -0.39 is 10.0 Å². The van der Waals surface area contributed by atoms with Crippen molar-refractivity contribution in [1.82, 2.24) is 10.2 Å². The first-order valence-corrected chi connectivity index (χ1v) is 7.51. The number of anilines is 1. The topological polar surface area (TPSA) is 74.8 Å². The van der Waals surface area contributed by atoms with Crippen molar-refractivity contribution in [1.29, 1.82) is 0 Å². The number of hydrogen-bond acceptors (Lipinski definition) is 4. The molecule has 0 amide bonds. The number of hydrogen-bond donors (Lipinski definition) is 2. The predicted molar refractivity (Wildman–Crippen MR) is 68.1 cm³/mol. The molecule has 0 unspecified atom stereocenters. The highest BCUT2D eigenvalue weighted by Gasteiger charge is 2.17. The molecule has 17 heavy (non-hydrogen) atoms. The minimum absolute atomic E-state index is 0.170. The van der Waals surface area contributed by atoms with Crippen molar-refractivity contribution in [2.75, 3.05) is 4.72 Å². The average molecular weight is 292 g/mol. The van der Waals surface area contributed by atoms with E-state index in [4.69, 9.17) is 11.6 Å². The zero-order chi connectivity index (χ0) is 12.5. The van der Waals surface area contributed by atoms with Gasteiger partial charge in [0.05, 0.1) is 4.34 Å². The van der Waals surface area contributed by atoms with Gasteiger partial charge >= 0.3 is 0 Å². The van der Waals surface area contributed by atoms with Gasteiger partial charge in [0.25, 0.3) is 10.0 Å².